The quantitative estimate of drug-likeness (QED) is 0.867. The number of fused-ring (bicyclic) bond motifs is 2. The van der Waals surface area contributed by atoms with Crippen molar-refractivity contribution in [2.24, 2.45) is 17.8 Å². The van der Waals surface area contributed by atoms with Crippen LogP contribution in [0.4, 0.5) is 13.2 Å². The maximum Gasteiger partial charge on any atom is 0.411 e. The van der Waals surface area contributed by atoms with Crippen molar-refractivity contribution in [3.63, 3.8) is 0 Å². The van der Waals surface area contributed by atoms with Gasteiger partial charge in [-0.05, 0) is 43.9 Å². The van der Waals surface area contributed by atoms with Crippen LogP contribution in [0.15, 0.2) is 0 Å². The summed E-state index contributed by atoms with van der Waals surface area (Å²) in [7, 11) is 1.45. The molecule has 0 aromatic carbocycles. The number of nitrogens with zero attached hydrogens (tertiary/aromatic N) is 1. The van der Waals surface area contributed by atoms with E-state index in [2.05, 4.69) is 5.32 Å². The van der Waals surface area contributed by atoms with Gasteiger partial charge in [0.25, 0.3) is 0 Å². The molecule has 7 heteroatoms. The number of carbonyl (C=O) groups is 1. The van der Waals surface area contributed by atoms with Gasteiger partial charge in [-0.3, -0.25) is 10.1 Å². The number of carbonyl (C=O) groups excluding carboxylic acids is 1. The zero-order chi connectivity index (χ0) is 15.4. The van der Waals surface area contributed by atoms with Crippen molar-refractivity contribution in [3.8, 4) is 0 Å². The monoisotopic (exact) mass is 322 g/mol. The first-order chi connectivity index (χ1) is 9.72. The van der Waals surface area contributed by atoms with Crippen LogP contribution in [0, 0.1) is 17.8 Å². The fourth-order valence-electron chi connectivity index (χ4n) is 4.04. The van der Waals surface area contributed by atoms with E-state index in [-0.39, 0.29) is 0 Å². The van der Waals surface area contributed by atoms with Crippen LogP contribution in [-0.2, 0) is 4.79 Å². The summed E-state index contributed by atoms with van der Waals surface area (Å²) < 4.78 is 37.0. The maximum absolute atomic E-state index is 13.1. The van der Waals surface area contributed by atoms with Crippen LogP contribution in [0.2, 0.25) is 0 Å². The van der Waals surface area contributed by atoms with E-state index in [0.29, 0.717) is 24.2 Å². The van der Waals surface area contributed by atoms with Crippen molar-refractivity contribution in [1.29, 1.82) is 0 Å². The number of nitrogens with one attached hydrogen (secondary N) is 1. The molecule has 3 nitrogen and oxygen atoms in total. The number of amides is 1. The molecule has 3 aliphatic rings. The summed E-state index contributed by atoms with van der Waals surface area (Å²) in [6, 6.07) is 0. The summed E-state index contributed by atoms with van der Waals surface area (Å²) in [5.74, 6) is 1.25. The zero-order valence-corrected chi connectivity index (χ0v) is 13.1. The number of hydrogen-bond acceptors (Lipinski definition) is 3. The average Bonchev–Trinajstić information content (AvgIpc) is 3.06. The van der Waals surface area contributed by atoms with E-state index >= 15 is 0 Å². The van der Waals surface area contributed by atoms with Crippen molar-refractivity contribution in [3.05, 3.63) is 0 Å². The van der Waals surface area contributed by atoms with Gasteiger partial charge < -0.3 is 4.90 Å². The molecule has 1 saturated heterocycles. The highest BCUT2D eigenvalue weighted by Gasteiger charge is 2.64. The maximum atomic E-state index is 13.1. The lowest BCUT2D eigenvalue weighted by molar-refractivity contribution is -0.171. The second-order valence-corrected chi connectivity index (χ2v) is 8.26. The molecule has 3 rings (SSSR count). The fraction of sp³-hybridized carbons (Fsp3) is 0.929. The van der Waals surface area contributed by atoms with Gasteiger partial charge in [-0.25, -0.2) is 0 Å². The van der Waals surface area contributed by atoms with Gasteiger partial charge in [0.1, 0.15) is 5.50 Å². The molecule has 5 atom stereocenters. The van der Waals surface area contributed by atoms with E-state index in [4.69, 9.17) is 0 Å². The number of hydrogen-bond donors (Lipinski definition) is 1. The molecule has 2 unspecified atom stereocenters. The molecule has 1 amide bonds. The number of alkyl halides is 3. The summed E-state index contributed by atoms with van der Waals surface area (Å²) in [6.07, 6.45) is 0.502. The van der Waals surface area contributed by atoms with Gasteiger partial charge in [0.15, 0.2) is 4.75 Å². The predicted octanol–water partition coefficient (Wildman–Crippen LogP) is 2.82. The minimum atomic E-state index is -4.52. The first-order valence-electron chi connectivity index (χ1n) is 7.47. The van der Waals surface area contributed by atoms with E-state index in [9.17, 15) is 18.0 Å². The highest BCUT2D eigenvalue weighted by molar-refractivity contribution is 8.02. The molecule has 0 radical (unpaired) electrons. The van der Waals surface area contributed by atoms with Crippen LogP contribution < -0.4 is 5.32 Å². The van der Waals surface area contributed by atoms with Crippen LogP contribution >= 0.6 is 11.8 Å². The molecule has 3 fully saturated rings. The standard InChI is InChI=1S/C14H21F3N2OS/c1-13(14(15,16)17)11(20)19(2)12(21-13)18-7-10-6-8-3-4-9(10)5-8/h8-10,12,18H,3-7H2,1-2H3/t8-,9+,10-,12?,13?/m1/s1. The number of thioether (sulfide) groups is 1. The minimum Gasteiger partial charge on any atom is -0.320 e. The molecular weight excluding hydrogens is 301 g/mol. The fourth-order valence-corrected chi connectivity index (χ4v) is 5.30. The summed E-state index contributed by atoms with van der Waals surface area (Å²) in [5.41, 5.74) is -0.580. The third kappa shape index (κ3) is 2.46. The third-order valence-electron chi connectivity index (χ3n) is 5.41. The lowest BCUT2D eigenvalue weighted by Crippen LogP contribution is -2.47. The second-order valence-electron chi connectivity index (χ2n) is 6.76. The summed E-state index contributed by atoms with van der Waals surface area (Å²) >= 11 is 0.680. The molecule has 1 aliphatic heterocycles. The van der Waals surface area contributed by atoms with E-state index in [1.54, 1.807) is 0 Å². The Morgan fingerprint density at radius 2 is 2.10 bits per heavy atom. The first kappa shape index (κ1) is 15.5. The van der Waals surface area contributed by atoms with E-state index in [1.807, 2.05) is 0 Å². The van der Waals surface area contributed by atoms with Crippen LogP contribution in [0.3, 0.4) is 0 Å². The Bertz CT molecular complexity index is 444. The Labute approximate surface area is 127 Å². The average molecular weight is 322 g/mol. The highest BCUT2D eigenvalue weighted by atomic mass is 32.2. The molecule has 120 valence electrons. The van der Waals surface area contributed by atoms with Gasteiger partial charge in [-0.2, -0.15) is 13.2 Å². The molecular formula is C14H21F3N2OS. The molecule has 0 spiro atoms. The van der Waals surface area contributed by atoms with Crippen molar-refractivity contribution in [2.75, 3.05) is 13.6 Å². The van der Waals surface area contributed by atoms with Crippen molar-refractivity contribution >= 4 is 17.7 Å². The minimum absolute atomic E-state index is 0.561. The third-order valence-corrected chi connectivity index (χ3v) is 6.99. The lowest BCUT2D eigenvalue weighted by Gasteiger charge is -2.26. The first-order valence-corrected chi connectivity index (χ1v) is 8.35. The van der Waals surface area contributed by atoms with Gasteiger partial charge in [0.05, 0.1) is 0 Å². The Morgan fingerprint density at radius 3 is 2.57 bits per heavy atom. The Hall–Kier alpha value is -0.430. The van der Waals surface area contributed by atoms with Crippen LogP contribution in [0.1, 0.15) is 32.6 Å². The van der Waals surface area contributed by atoms with Gasteiger partial charge >= 0.3 is 6.18 Å². The molecule has 2 saturated carbocycles. The largest absolute Gasteiger partial charge is 0.411 e. The zero-order valence-electron chi connectivity index (χ0n) is 12.2. The highest BCUT2D eigenvalue weighted by Crippen LogP contribution is 2.50. The smallest absolute Gasteiger partial charge is 0.320 e. The molecule has 0 aromatic rings. The van der Waals surface area contributed by atoms with Gasteiger partial charge in [-0.15, -0.1) is 0 Å². The lowest BCUT2D eigenvalue weighted by atomic mass is 9.89. The van der Waals surface area contributed by atoms with Gasteiger partial charge in [-0.1, -0.05) is 18.2 Å². The Morgan fingerprint density at radius 1 is 1.38 bits per heavy atom. The predicted molar refractivity (Wildman–Crippen MR) is 75.5 cm³/mol. The van der Waals surface area contributed by atoms with E-state index in [0.717, 1.165) is 18.8 Å². The van der Waals surface area contributed by atoms with Crippen LogP contribution in [0.25, 0.3) is 0 Å². The van der Waals surface area contributed by atoms with Gasteiger partial charge in [0, 0.05) is 13.6 Å². The van der Waals surface area contributed by atoms with E-state index < -0.39 is 22.3 Å². The van der Waals surface area contributed by atoms with Gasteiger partial charge in [0.2, 0.25) is 5.91 Å². The Balaban J connectivity index is 1.61. The molecule has 1 N–H and O–H groups in total. The van der Waals surface area contributed by atoms with Crippen molar-refractivity contribution in [1.82, 2.24) is 10.2 Å². The normalized spacial score (nSPS) is 43.1. The summed E-state index contributed by atoms with van der Waals surface area (Å²) in [4.78, 5) is 13.2. The molecule has 21 heavy (non-hydrogen) atoms. The number of rotatable bonds is 3. The second kappa shape index (κ2) is 5.05. The summed E-state index contributed by atoms with van der Waals surface area (Å²) in [6.45, 7) is 1.69. The van der Waals surface area contributed by atoms with Crippen molar-refractivity contribution < 1.29 is 18.0 Å². The topological polar surface area (TPSA) is 32.3 Å². The summed E-state index contributed by atoms with van der Waals surface area (Å²) in [5, 5.41) is 3.18. The SMILES string of the molecule is CN1C(=O)C(C)(C(F)(F)F)SC1NC[C@H]1C[C@@H]2CC[C@H]1C2. The van der Waals surface area contributed by atoms with E-state index in [1.165, 1.54) is 37.6 Å². The van der Waals surface area contributed by atoms with Crippen LogP contribution in [0.5, 0.6) is 0 Å². The van der Waals surface area contributed by atoms with Crippen LogP contribution in [-0.4, -0.2) is 40.8 Å². The molecule has 1 heterocycles. The molecule has 2 bridgehead atoms. The molecule has 2 aliphatic carbocycles. The molecule has 0 aromatic heterocycles. The Kier molecular flexibility index (Phi) is 3.72. The number of halogens is 3. The van der Waals surface area contributed by atoms with Crippen molar-refractivity contribution in [2.45, 2.75) is 49.0 Å².